The smallest absolute Gasteiger partial charge is 0.237 e. The fourth-order valence-electron chi connectivity index (χ4n) is 3.07. The maximum absolute atomic E-state index is 12.1. The van der Waals surface area contributed by atoms with Crippen molar-refractivity contribution in [2.24, 2.45) is 11.8 Å². The van der Waals surface area contributed by atoms with Crippen molar-refractivity contribution in [3.05, 3.63) is 0 Å². The number of aliphatic hydroxyl groups is 1. The molecule has 0 spiro atoms. The van der Waals surface area contributed by atoms with Crippen molar-refractivity contribution < 1.29 is 9.90 Å². The molecule has 1 aliphatic heterocycles. The van der Waals surface area contributed by atoms with Crippen molar-refractivity contribution in [3.8, 4) is 0 Å². The van der Waals surface area contributed by atoms with E-state index >= 15 is 0 Å². The van der Waals surface area contributed by atoms with Gasteiger partial charge in [-0.3, -0.25) is 4.79 Å². The van der Waals surface area contributed by atoms with E-state index < -0.39 is 0 Å². The standard InChI is InChI=1S/C13H24N2O2/c1-9-6-7-14-12(9)13(17)15-11-5-3-2-4-10(11)8-16/h9-12,14,16H,2-8H2,1H3,(H,15,17). The Morgan fingerprint density at radius 1 is 1.35 bits per heavy atom. The van der Waals surface area contributed by atoms with Crippen molar-refractivity contribution in [1.29, 1.82) is 0 Å². The molecule has 0 aromatic heterocycles. The molecule has 0 aromatic carbocycles. The van der Waals surface area contributed by atoms with Crippen LogP contribution in [-0.4, -0.2) is 36.2 Å². The average molecular weight is 240 g/mol. The highest BCUT2D eigenvalue weighted by Crippen LogP contribution is 2.24. The maximum atomic E-state index is 12.1. The van der Waals surface area contributed by atoms with E-state index in [9.17, 15) is 9.90 Å². The molecule has 3 N–H and O–H groups in total. The molecule has 1 saturated heterocycles. The lowest BCUT2D eigenvalue weighted by atomic mass is 9.84. The number of carbonyl (C=O) groups excluding carboxylic acids is 1. The van der Waals surface area contributed by atoms with E-state index in [0.29, 0.717) is 5.92 Å². The van der Waals surface area contributed by atoms with Crippen molar-refractivity contribution in [1.82, 2.24) is 10.6 Å². The highest BCUT2D eigenvalue weighted by atomic mass is 16.3. The third kappa shape index (κ3) is 2.99. The average Bonchev–Trinajstić information content (AvgIpc) is 2.76. The molecule has 4 nitrogen and oxygen atoms in total. The van der Waals surface area contributed by atoms with Gasteiger partial charge in [0, 0.05) is 18.6 Å². The number of aliphatic hydroxyl groups excluding tert-OH is 1. The Morgan fingerprint density at radius 2 is 2.12 bits per heavy atom. The van der Waals surface area contributed by atoms with Gasteiger partial charge in [0.2, 0.25) is 5.91 Å². The number of rotatable bonds is 3. The third-order valence-corrected chi connectivity index (χ3v) is 4.29. The lowest BCUT2D eigenvalue weighted by Crippen LogP contribution is -2.50. The first-order chi connectivity index (χ1) is 8.22. The lowest BCUT2D eigenvalue weighted by Gasteiger charge is -2.32. The largest absolute Gasteiger partial charge is 0.396 e. The summed E-state index contributed by atoms with van der Waals surface area (Å²) < 4.78 is 0. The summed E-state index contributed by atoms with van der Waals surface area (Å²) in [4.78, 5) is 12.1. The van der Waals surface area contributed by atoms with Crippen LogP contribution in [0.5, 0.6) is 0 Å². The lowest BCUT2D eigenvalue weighted by molar-refractivity contribution is -0.125. The van der Waals surface area contributed by atoms with Gasteiger partial charge in [-0.25, -0.2) is 0 Å². The van der Waals surface area contributed by atoms with Gasteiger partial charge in [0.1, 0.15) is 0 Å². The summed E-state index contributed by atoms with van der Waals surface area (Å²) in [7, 11) is 0. The molecule has 2 aliphatic rings. The zero-order valence-corrected chi connectivity index (χ0v) is 10.6. The Labute approximate surface area is 103 Å². The molecule has 98 valence electrons. The molecule has 0 radical (unpaired) electrons. The first kappa shape index (κ1) is 12.8. The van der Waals surface area contributed by atoms with E-state index in [0.717, 1.165) is 32.2 Å². The highest BCUT2D eigenvalue weighted by molar-refractivity contribution is 5.82. The van der Waals surface area contributed by atoms with Gasteiger partial charge < -0.3 is 15.7 Å². The molecular formula is C13H24N2O2. The minimum atomic E-state index is -0.0312. The fourth-order valence-corrected chi connectivity index (χ4v) is 3.07. The topological polar surface area (TPSA) is 61.4 Å². The van der Waals surface area contributed by atoms with Gasteiger partial charge in [-0.05, 0) is 31.7 Å². The molecule has 1 saturated carbocycles. The first-order valence-corrected chi connectivity index (χ1v) is 6.87. The highest BCUT2D eigenvalue weighted by Gasteiger charge is 2.32. The summed E-state index contributed by atoms with van der Waals surface area (Å²) in [5.74, 6) is 0.802. The summed E-state index contributed by atoms with van der Waals surface area (Å²) in [6.45, 7) is 3.25. The summed E-state index contributed by atoms with van der Waals surface area (Å²) in [6, 6.07) is 0.145. The van der Waals surface area contributed by atoms with Gasteiger partial charge >= 0.3 is 0 Å². The molecule has 1 aliphatic carbocycles. The third-order valence-electron chi connectivity index (χ3n) is 4.29. The van der Waals surface area contributed by atoms with Gasteiger partial charge in [-0.15, -0.1) is 0 Å². The van der Waals surface area contributed by atoms with E-state index in [4.69, 9.17) is 0 Å². The Balaban J connectivity index is 1.88. The SMILES string of the molecule is CC1CCNC1C(=O)NC1CCCCC1CO. The molecule has 1 amide bonds. The van der Waals surface area contributed by atoms with Crippen molar-refractivity contribution in [3.63, 3.8) is 0 Å². The summed E-state index contributed by atoms with van der Waals surface area (Å²) in [6.07, 6.45) is 5.46. The molecule has 0 bridgehead atoms. The van der Waals surface area contributed by atoms with Crippen LogP contribution < -0.4 is 10.6 Å². The minimum Gasteiger partial charge on any atom is -0.396 e. The molecule has 4 heteroatoms. The van der Waals surface area contributed by atoms with Crippen LogP contribution in [0, 0.1) is 11.8 Å². The number of amides is 1. The molecule has 17 heavy (non-hydrogen) atoms. The van der Waals surface area contributed by atoms with Crippen LogP contribution in [-0.2, 0) is 4.79 Å². The van der Waals surface area contributed by atoms with Crippen LogP contribution in [0.2, 0.25) is 0 Å². The summed E-state index contributed by atoms with van der Waals surface area (Å²) >= 11 is 0. The quantitative estimate of drug-likeness (QED) is 0.679. The van der Waals surface area contributed by atoms with Crippen LogP contribution in [0.15, 0.2) is 0 Å². The second-order valence-electron chi connectivity index (χ2n) is 5.54. The molecule has 4 unspecified atom stereocenters. The summed E-state index contributed by atoms with van der Waals surface area (Å²) in [5, 5.41) is 15.7. The predicted molar refractivity (Wildman–Crippen MR) is 66.5 cm³/mol. The number of nitrogens with one attached hydrogen (secondary N) is 2. The Kier molecular flexibility index (Phi) is 4.40. The molecule has 0 aromatic rings. The molecule has 2 fully saturated rings. The van der Waals surface area contributed by atoms with E-state index in [1.807, 2.05) is 0 Å². The van der Waals surface area contributed by atoms with Crippen molar-refractivity contribution >= 4 is 5.91 Å². The summed E-state index contributed by atoms with van der Waals surface area (Å²) in [5.41, 5.74) is 0. The van der Waals surface area contributed by atoms with Gasteiger partial charge in [0.05, 0.1) is 6.04 Å². The van der Waals surface area contributed by atoms with Crippen LogP contribution >= 0.6 is 0 Å². The minimum absolute atomic E-state index is 0.0312. The Bertz CT molecular complexity index is 270. The normalized spacial score (nSPS) is 38.0. The number of hydrogen-bond donors (Lipinski definition) is 3. The monoisotopic (exact) mass is 240 g/mol. The van der Waals surface area contributed by atoms with E-state index in [2.05, 4.69) is 17.6 Å². The van der Waals surface area contributed by atoms with Crippen LogP contribution in [0.1, 0.15) is 39.0 Å². The molecular weight excluding hydrogens is 216 g/mol. The van der Waals surface area contributed by atoms with Gasteiger partial charge in [0.25, 0.3) is 0 Å². The Morgan fingerprint density at radius 3 is 2.76 bits per heavy atom. The Hall–Kier alpha value is -0.610. The zero-order chi connectivity index (χ0) is 12.3. The van der Waals surface area contributed by atoms with Gasteiger partial charge in [0.15, 0.2) is 0 Å². The number of carbonyl (C=O) groups is 1. The van der Waals surface area contributed by atoms with Crippen LogP contribution in [0.4, 0.5) is 0 Å². The first-order valence-electron chi connectivity index (χ1n) is 6.87. The molecule has 2 rings (SSSR count). The van der Waals surface area contributed by atoms with Crippen LogP contribution in [0.3, 0.4) is 0 Å². The van der Waals surface area contributed by atoms with Gasteiger partial charge in [-0.2, -0.15) is 0 Å². The van der Waals surface area contributed by atoms with Crippen molar-refractivity contribution in [2.45, 2.75) is 51.1 Å². The van der Waals surface area contributed by atoms with E-state index in [1.54, 1.807) is 0 Å². The molecule has 1 heterocycles. The second kappa shape index (κ2) is 5.83. The predicted octanol–water partition coefficient (Wildman–Crippen LogP) is 0.652. The van der Waals surface area contributed by atoms with Crippen LogP contribution in [0.25, 0.3) is 0 Å². The zero-order valence-electron chi connectivity index (χ0n) is 10.6. The van der Waals surface area contributed by atoms with Crippen molar-refractivity contribution in [2.75, 3.05) is 13.2 Å². The van der Waals surface area contributed by atoms with E-state index in [-0.39, 0.29) is 30.5 Å². The van der Waals surface area contributed by atoms with E-state index in [1.165, 1.54) is 6.42 Å². The number of hydrogen-bond acceptors (Lipinski definition) is 3. The maximum Gasteiger partial charge on any atom is 0.237 e. The molecule has 4 atom stereocenters. The second-order valence-corrected chi connectivity index (χ2v) is 5.54. The van der Waals surface area contributed by atoms with Gasteiger partial charge in [-0.1, -0.05) is 19.8 Å². The fraction of sp³-hybridized carbons (Fsp3) is 0.923.